The summed E-state index contributed by atoms with van der Waals surface area (Å²) in [5.41, 5.74) is -0.115. The zero-order chi connectivity index (χ0) is 20.7. The van der Waals surface area contributed by atoms with E-state index in [-0.39, 0.29) is 36.8 Å². The van der Waals surface area contributed by atoms with Crippen LogP contribution in [0.15, 0.2) is 0 Å². The van der Waals surface area contributed by atoms with Crippen molar-refractivity contribution < 1.29 is 23.6 Å². The number of hydrogen-bond donors (Lipinski definition) is 2. The zero-order valence-corrected chi connectivity index (χ0v) is 16.2. The first-order valence-electron chi connectivity index (χ1n) is 9.32. The number of halogens is 2. The first kappa shape index (κ1) is 21.9. The Kier molecular flexibility index (Phi) is 8.04. The summed E-state index contributed by atoms with van der Waals surface area (Å²) in [5, 5.41) is 12.5. The molecule has 28 heavy (non-hydrogen) atoms. The standard InChI is InChI=1S/C18H27F2N5O3/c1-24(2)17-16(20)14(22-15(8-19)23-17)9-21-18(27)13(10-25(28)11-26)7-12-5-3-4-6-12/h11-13,28H,3-10H2,1-2H3,(H,21,27)/t13-/m1/s1. The van der Waals surface area contributed by atoms with Crippen molar-refractivity contribution in [3.63, 3.8) is 0 Å². The molecule has 0 bridgehead atoms. The van der Waals surface area contributed by atoms with Gasteiger partial charge in [-0.2, -0.15) is 0 Å². The van der Waals surface area contributed by atoms with Gasteiger partial charge in [-0.15, -0.1) is 0 Å². The van der Waals surface area contributed by atoms with E-state index in [9.17, 15) is 23.6 Å². The van der Waals surface area contributed by atoms with Crippen LogP contribution < -0.4 is 10.2 Å². The van der Waals surface area contributed by atoms with Crippen LogP contribution in [0.25, 0.3) is 0 Å². The summed E-state index contributed by atoms with van der Waals surface area (Å²) >= 11 is 0. The van der Waals surface area contributed by atoms with Crippen LogP contribution in [0.3, 0.4) is 0 Å². The van der Waals surface area contributed by atoms with Crippen LogP contribution in [0.5, 0.6) is 0 Å². The molecule has 0 unspecified atom stereocenters. The van der Waals surface area contributed by atoms with Gasteiger partial charge in [-0.3, -0.25) is 14.8 Å². The first-order chi connectivity index (χ1) is 13.3. The number of rotatable bonds is 10. The number of hydrogen-bond acceptors (Lipinski definition) is 6. The van der Waals surface area contributed by atoms with Crippen LogP contribution >= 0.6 is 0 Å². The summed E-state index contributed by atoms with van der Waals surface area (Å²) in [5.74, 6) is -1.65. The number of carbonyl (C=O) groups excluding carboxylic acids is 2. The maximum absolute atomic E-state index is 14.5. The average Bonchev–Trinajstić information content (AvgIpc) is 3.19. The molecule has 2 rings (SSSR count). The first-order valence-corrected chi connectivity index (χ1v) is 9.32. The molecule has 1 fully saturated rings. The van der Waals surface area contributed by atoms with E-state index in [1.54, 1.807) is 14.1 Å². The fourth-order valence-corrected chi connectivity index (χ4v) is 3.50. The zero-order valence-electron chi connectivity index (χ0n) is 16.2. The maximum Gasteiger partial charge on any atom is 0.233 e. The van der Waals surface area contributed by atoms with E-state index in [0.717, 1.165) is 25.7 Å². The number of alkyl halides is 1. The second kappa shape index (κ2) is 10.3. The van der Waals surface area contributed by atoms with Crippen molar-refractivity contribution in [2.45, 2.75) is 45.3 Å². The van der Waals surface area contributed by atoms with Gasteiger partial charge in [-0.1, -0.05) is 25.7 Å². The van der Waals surface area contributed by atoms with Gasteiger partial charge < -0.3 is 10.2 Å². The highest BCUT2D eigenvalue weighted by Crippen LogP contribution is 2.30. The second-order valence-corrected chi connectivity index (χ2v) is 7.28. The van der Waals surface area contributed by atoms with E-state index in [1.807, 2.05) is 0 Å². The molecule has 1 heterocycles. The fourth-order valence-electron chi connectivity index (χ4n) is 3.50. The van der Waals surface area contributed by atoms with E-state index in [0.29, 0.717) is 17.4 Å². The van der Waals surface area contributed by atoms with Gasteiger partial charge in [0.25, 0.3) is 0 Å². The number of aromatic nitrogens is 2. The van der Waals surface area contributed by atoms with Crippen molar-refractivity contribution in [1.29, 1.82) is 0 Å². The molecule has 8 nitrogen and oxygen atoms in total. The van der Waals surface area contributed by atoms with E-state index in [2.05, 4.69) is 15.3 Å². The monoisotopic (exact) mass is 399 g/mol. The van der Waals surface area contributed by atoms with Gasteiger partial charge in [-0.05, 0) is 12.3 Å². The van der Waals surface area contributed by atoms with Crippen LogP contribution in [0, 0.1) is 17.7 Å². The van der Waals surface area contributed by atoms with Gasteiger partial charge in [0.15, 0.2) is 17.5 Å². The quantitative estimate of drug-likeness (QED) is 0.354. The lowest BCUT2D eigenvalue weighted by Crippen LogP contribution is -2.38. The van der Waals surface area contributed by atoms with Crippen molar-refractivity contribution in [2.75, 3.05) is 25.5 Å². The lowest BCUT2D eigenvalue weighted by molar-refractivity contribution is -0.155. The Morgan fingerprint density at radius 1 is 1.36 bits per heavy atom. The molecular weight excluding hydrogens is 372 g/mol. The molecule has 156 valence electrons. The van der Waals surface area contributed by atoms with E-state index >= 15 is 0 Å². The van der Waals surface area contributed by atoms with Gasteiger partial charge in [0.1, 0.15) is 12.4 Å². The molecule has 1 aromatic rings. The summed E-state index contributed by atoms with van der Waals surface area (Å²) in [7, 11) is 3.14. The number of nitrogens with zero attached hydrogens (tertiary/aromatic N) is 4. The minimum atomic E-state index is -0.953. The summed E-state index contributed by atoms with van der Waals surface area (Å²) < 4.78 is 27.5. The maximum atomic E-state index is 14.5. The minimum absolute atomic E-state index is 0.0584. The van der Waals surface area contributed by atoms with Gasteiger partial charge in [0.2, 0.25) is 12.3 Å². The number of anilines is 1. The van der Waals surface area contributed by atoms with Crippen LogP contribution in [-0.2, 0) is 22.8 Å². The summed E-state index contributed by atoms with van der Waals surface area (Å²) in [4.78, 5) is 32.4. The Balaban J connectivity index is 2.10. The Labute approximate surface area is 162 Å². The lowest BCUT2D eigenvalue weighted by atomic mass is 9.92. The van der Waals surface area contributed by atoms with Crippen molar-refractivity contribution in [3.05, 3.63) is 17.3 Å². The molecule has 0 radical (unpaired) electrons. The number of hydroxylamine groups is 2. The third-order valence-electron chi connectivity index (χ3n) is 4.91. The van der Waals surface area contributed by atoms with Crippen molar-refractivity contribution in [2.24, 2.45) is 11.8 Å². The molecular formula is C18H27F2N5O3. The predicted molar refractivity (Wildman–Crippen MR) is 97.6 cm³/mol. The second-order valence-electron chi connectivity index (χ2n) is 7.28. The molecule has 0 aliphatic heterocycles. The van der Waals surface area contributed by atoms with Crippen LogP contribution in [0.2, 0.25) is 0 Å². The van der Waals surface area contributed by atoms with Gasteiger partial charge in [0, 0.05) is 14.1 Å². The number of carbonyl (C=O) groups is 2. The topological polar surface area (TPSA) is 98.7 Å². The van der Waals surface area contributed by atoms with Crippen molar-refractivity contribution in [1.82, 2.24) is 20.3 Å². The highest BCUT2D eigenvalue weighted by molar-refractivity contribution is 5.79. The minimum Gasteiger partial charge on any atom is -0.360 e. The Bertz CT molecular complexity index is 683. The van der Waals surface area contributed by atoms with Crippen molar-refractivity contribution in [3.8, 4) is 0 Å². The largest absolute Gasteiger partial charge is 0.360 e. The third-order valence-corrected chi connectivity index (χ3v) is 4.91. The molecule has 1 atom stereocenters. The molecule has 10 heteroatoms. The molecule has 0 spiro atoms. The number of nitrogens with one attached hydrogen (secondary N) is 1. The fraction of sp³-hybridized carbons (Fsp3) is 0.667. The van der Waals surface area contributed by atoms with Gasteiger partial charge in [-0.25, -0.2) is 23.8 Å². The Hall–Kier alpha value is -2.36. The molecule has 2 amide bonds. The van der Waals surface area contributed by atoms with E-state index in [1.165, 1.54) is 4.90 Å². The summed E-state index contributed by atoms with van der Waals surface area (Å²) in [6.45, 7) is -1.34. The third kappa shape index (κ3) is 5.82. The Morgan fingerprint density at radius 3 is 2.61 bits per heavy atom. The van der Waals surface area contributed by atoms with Gasteiger partial charge in [0.05, 0.1) is 19.0 Å². The van der Waals surface area contributed by atoms with Crippen LogP contribution in [0.1, 0.15) is 43.6 Å². The molecule has 1 aliphatic rings. The van der Waals surface area contributed by atoms with Crippen LogP contribution in [0.4, 0.5) is 14.6 Å². The smallest absolute Gasteiger partial charge is 0.233 e. The molecule has 1 aromatic heterocycles. The highest BCUT2D eigenvalue weighted by atomic mass is 19.1. The molecule has 1 saturated carbocycles. The SMILES string of the molecule is CN(C)c1nc(CF)nc(CNC(=O)[C@H](CC2CCCC2)CN(O)C=O)c1F. The van der Waals surface area contributed by atoms with Crippen LogP contribution in [-0.4, -0.2) is 53.2 Å². The normalized spacial score (nSPS) is 15.3. The lowest BCUT2D eigenvalue weighted by Gasteiger charge is -2.22. The molecule has 0 aromatic carbocycles. The predicted octanol–water partition coefficient (Wildman–Crippen LogP) is 1.81. The van der Waals surface area contributed by atoms with Crippen molar-refractivity contribution >= 4 is 18.1 Å². The highest BCUT2D eigenvalue weighted by Gasteiger charge is 2.27. The average molecular weight is 399 g/mol. The van der Waals surface area contributed by atoms with E-state index < -0.39 is 24.3 Å². The Morgan fingerprint density at radius 2 is 2.04 bits per heavy atom. The van der Waals surface area contributed by atoms with Gasteiger partial charge >= 0.3 is 0 Å². The number of amides is 2. The molecule has 2 N–H and O–H groups in total. The summed E-state index contributed by atoms with van der Waals surface area (Å²) in [6, 6.07) is 0. The molecule has 1 aliphatic carbocycles. The molecule has 0 saturated heterocycles. The van der Waals surface area contributed by atoms with E-state index in [4.69, 9.17) is 0 Å². The summed E-state index contributed by atoms with van der Waals surface area (Å²) in [6.07, 6.45) is 4.98.